The van der Waals surface area contributed by atoms with Crippen LogP contribution in [0.15, 0.2) is 0 Å². The summed E-state index contributed by atoms with van der Waals surface area (Å²) in [6.07, 6.45) is 2.80. The largest absolute Gasteiger partial charge is 0.306 e. The molecular weight excluding hydrogens is 158 g/mol. The lowest BCUT2D eigenvalue weighted by atomic mass is 9.71. The molecule has 0 aromatic heterocycles. The van der Waals surface area contributed by atoms with Crippen molar-refractivity contribution in [1.29, 1.82) is 0 Å². The lowest BCUT2D eigenvalue weighted by Crippen LogP contribution is -2.36. The van der Waals surface area contributed by atoms with E-state index in [2.05, 4.69) is 39.6 Å². The van der Waals surface area contributed by atoms with Crippen molar-refractivity contribution in [3.05, 3.63) is 0 Å². The fourth-order valence-corrected chi connectivity index (χ4v) is 2.24. The first-order chi connectivity index (χ1) is 5.91. The first-order valence-corrected chi connectivity index (χ1v) is 5.60. The summed E-state index contributed by atoms with van der Waals surface area (Å²) in [5.74, 6) is 1.82. The highest BCUT2D eigenvalue weighted by Crippen LogP contribution is 2.36. The molecule has 0 amide bonds. The minimum Gasteiger partial charge on any atom is -0.306 e. The molecule has 0 aliphatic carbocycles. The van der Waals surface area contributed by atoms with Crippen molar-refractivity contribution in [1.82, 2.24) is 4.90 Å². The first kappa shape index (κ1) is 11.0. The quantitative estimate of drug-likeness (QED) is 0.604. The standard InChI is InChI=1S/C12H25N/c1-10(12(2,3)4)11-6-8-13(5)9-7-11/h10-11H,6-9H2,1-5H3. The third-order valence-electron chi connectivity index (χ3n) is 3.84. The number of nitrogens with zero attached hydrogens (tertiary/aromatic N) is 1. The van der Waals surface area contributed by atoms with Crippen molar-refractivity contribution in [2.24, 2.45) is 17.3 Å². The van der Waals surface area contributed by atoms with E-state index in [0.717, 1.165) is 11.8 Å². The van der Waals surface area contributed by atoms with Crippen molar-refractivity contribution in [3.8, 4) is 0 Å². The summed E-state index contributed by atoms with van der Waals surface area (Å²) in [5, 5.41) is 0. The van der Waals surface area contributed by atoms with Crippen molar-refractivity contribution in [2.45, 2.75) is 40.5 Å². The molecular formula is C12H25N. The van der Waals surface area contributed by atoms with E-state index in [-0.39, 0.29) is 0 Å². The van der Waals surface area contributed by atoms with Gasteiger partial charge in [-0.05, 0) is 50.2 Å². The third-order valence-corrected chi connectivity index (χ3v) is 3.84. The van der Waals surface area contributed by atoms with E-state index in [4.69, 9.17) is 0 Å². The Balaban J connectivity index is 2.45. The molecule has 0 bridgehead atoms. The zero-order valence-corrected chi connectivity index (χ0v) is 9.93. The van der Waals surface area contributed by atoms with E-state index >= 15 is 0 Å². The van der Waals surface area contributed by atoms with E-state index in [0.29, 0.717) is 5.41 Å². The van der Waals surface area contributed by atoms with Gasteiger partial charge in [0.15, 0.2) is 0 Å². The molecule has 1 aliphatic rings. The highest BCUT2D eigenvalue weighted by Gasteiger charge is 2.29. The zero-order chi connectivity index (χ0) is 10.1. The summed E-state index contributed by atoms with van der Waals surface area (Å²) in [7, 11) is 2.23. The summed E-state index contributed by atoms with van der Waals surface area (Å²) in [6, 6.07) is 0. The molecule has 1 unspecified atom stereocenters. The van der Waals surface area contributed by atoms with Crippen LogP contribution in [0.4, 0.5) is 0 Å². The topological polar surface area (TPSA) is 3.24 Å². The van der Waals surface area contributed by atoms with E-state index in [9.17, 15) is 0 Å². The van der Waals surface area contributed by atoms with Crippen LogP contribution in [0.2, 0.25) is 0 Å². The maximum Gasteiger partial charge on any atom is -0.00190 e. The van der Waals surface area contributed by atoms with Gasteiger partial charge in [0.2, 0.25) is 0 Å². The van der Waals surface area contributed by atoms with Crippen LogP contribution in [-0.4, -0.2) is 25.0 Å². The van der Waals surface area contributed by atoms with Crippen molar-refractivity contribution in [2.75, 3.05) is 20.1 Å². The van der Waals surface area contributed by atoms with Gasteiger partial charge in [0.1, 0.15) is 0 Å². The van der Waals surface area contributed by atoms with Gasteiger partial charge in [-0.25, -0.2) is 0 Å². The highest BCUT2D eigenvalue weighted by atomic mass is 15.1. The number of hydrogen-bond acceptors (Lipinski definition) is 1. The monoisotopic (exact) mass is 183 g/mol. The molecule has 1 heterocycles. The van der Waals surface area contributed by atoms with Crippen LogP contribution in [0.3, 0.4) is 0 Å². The third kappa shape index (κ3) is 2.98. The Morgan fingerprint density at radius 3 is 2.00 bits per heavy atom. The second-order valence-electron chi connectivity index (χ2n) is 5.80. The Hall–Kier alpha value is -0.0400. The molecule has 0 aromatic carbocycles. The predicted molar refractivity (Wildman–Crippen MR) is 58.8 cm³/mol. The summed E-state index contributed by atoms with van der Waals surface area (Å²) >= 11 is 0. The number of rotatable bonds is 1. The van der Waals surface area contributed by atoms with Crippen LogP contribution in [0.25, 0.3) is 0 Å². The van der Waals surface area contributed by atoms with Crippen LogP contribution in [0.1, 0.15) is 40.5 Å². The van der Waals surface area contributed by atoms with Crippen LogP contribution >= 0.6 is 0 Å². The molecule has 1 fully saturated rings. The van der Waals surface area contributed by atoms with Gasteiger partial charge in [-0.15, -0.1) is 0 Å². The predicted octanol–water partition coefficient (Wildman–Crippen LogP) is 3.01. The summed E-state index contributed by atoms with van der Waals surface area (Å²) in [6.45, 7) is 12.1. The Morgan fingerprint density at radius 1 is 1.15 bits per heavy atom. The smallest absolute Gasteiger partial charge is 0.00190 e. The van der Waals surface area contributed by atoms with Gasteiger partial charge < -0.3 is 4.90 Å². The maximum atomic E-state index is 2.45. The SMILES string of the molecule is CC(C1CCN(C)CC1)C(C)(C)C. The Morgan fingerprint density at radius 2 is 1.62 bits per heavy atom. The Bertz CT molecular complexity index is 149. The molecule has 78 valence electrons. The molecule has 0 radical (unpaired) electrons. The van der Waals surface area contributed by atoms with Crippen molar-refractivity contribution >= 4 is 0 Å². The van der Waals surface area contributed by atoms with Gasteiger partial charge in [-0.1, -0.05) is 27.7 Å². The normalized spacial score (nSPS) is 24.7. The molecule has 0 spiro atoms. The van der Waals surface area contributed by atoms with E-state index in [1.165, 1.54) is 25.9 Å². The van der Waals surface area contributed by atoms with Gasteiger partial charge in [-0.2, -0.15) is 0 Å². The fraction of sp³-hybridized carbons (Fsp3) is 1.00. The minimum atomic E-state index is 0.487. The fourth-order valence-electron chi connectivity index (χ4n) is 2.24. The van der Waals surface area contributed by atoms with Crippen LogP contribution in [0.5, 0.6) is 0 Å². The minimum absolute atomic E-state index is 0.487. The molecule has 1 nitrogen and oxygen atoms in total. The molecule has 1 aliphatic heterocycles. The number of hydrogen-bond donors (Lipinski definition) is 0. The second kappa shape index (κ2) is 4.00. The average molecular weight is 183 g/mol. The molecule has 1 rings (SSSR count). The van der Waals surface area contributed by atoms with Crippen molar-refractivity contribution < 1.29 is 0 Å². The zero-order valence-electron chi connectivity index (χ0n) is 9.93. The summed E-state index contributed by atoms with van der Waals surface area (Å²) in [5.41, 5.74) is 0.487. The summed E-state index contributed by atoms with van der Waals surface area (Å²) in [4.78, 5) is 2.45. The second-order valence-corrected chi connectivity index (χ2v) is 5.80. The lowest BCUT2D eigenvalue weighted by Gasteiger charge is -2.39. The van der Waals surface area contributed by atoms with E-state index < -0.39 is 0 Å². The molecule has 13 heavy (non-hydrogen) atoms. The Labute approximate surface area is 83.5 Å². The highest BCUT2D eigenvalue weighted by molar-refractivity contribution is 4.81. The van der Waals surface area contributed by atoms with E-state index in [1.54, 1.807) is 0 Å². The number of likely N-dealkylation sites (tertiary alicyclic amines) is 1. The van der Waals surface area contributed by atoms with Crippen molar-refractivity contribution in [3.63, 3.8) is 0 Å². The van der Waals surface area contributed by atoms with Gasteiger partial charge in [0.05, 0.1) is 0 Å². The maximum absolute atomic E-state index is 2.45. The van der Waals surface area contributed by atoms with Crippen LogP contribution in [-0.2, 0) is 0 Å². The van der Waals surface area contributed by atoms with Gasteiger partial charge >= 0.3 is 0 Å². The summed E-state index contributed by atoms with van der Waals surface area (Å²) < 4.78 is 0. The molecule has 0 N–H and O–H groups in total. The van der Waals surface area contributed by atoms with Gasteiger partial charge in [0.25, 0.3) is 0 Å². The Kier molecular flexibility index (Phi) is 3.39. The van der Waals surface area contributed by atoms with E-state index in [1.807, 2.05) is 0 Å². The molecule has 0 aromatic rings. The first-order valence-electron chi connectivity index (χ1n) is 5.60. The molecule has 1 heteroatoms. The van der Waals surface area contributed by atoms with Crippen LogP contribution in [0, 0.1) is 17.3 Å². The molecule has 1 atom stereocenters. The lowest BCUT2D eigenvalue weighted by molar-refractivity contribution is 0.109. The van der Waals surface area contributed by atoms with Gasteiger partial charge in [-0.3, -0.25) is 0 Å². The van der Waals surface area contributed by atoms with Gasteiger partial charge in [0, 0.05) is 0 Å². The number of piperidine rings is 1. The molecule has 0 saturated carbocycles. The van der Waals surface area contributed by atoms with Crippen LogP contribution < -0.4 is 0 Å². The molecule has 1 saturated heterocycles. The average Bonchev–Trinajstić information content (AvgIpc) is 2.03.